The number of rotatable bonds is 5. The average molecular weight is 343 g/mol. The fourth-order valence-electron chi connectivity index (χ4n) is 1.43. The first-order valence-electron chi connectivity index (χ1n) is 5.73. The van der Waals surface area contributed by atoms with Gasteiger partial charge >= 0.3 is 0 Å². The third kappa shape index (κ3) is 5.90. The minimum absolute atomic E-state index is 0.104. The number of hydrogen-bond acceptors (Lipinski definition) is 3. The number of nitrogens with zero attached hydrogens (tertiary/aromatic N) is 1. The molecule has 6 heteroatoms. The summed E-state index contributed by atoms with van der Waals surface area (Å²) >= 11 is 4.97. The number of carbonyl (C=O) groups excluding carboxylic acids is 2. The summed E-state index contributed by atoms with van der Waals surface area (Å²) in [7, 11) is 0. The molecule has 0 aliphatic carbocycles. The van der Waals surface area contributed by atoms with Gasteiger partial charge in [0.1, 0.15) is 0 Å². The summed E-state index contributed by atoms with van der Waals surface area (Å²) in [6.07, 6.45) is 0. The van der Waals surface area contributed by atoms with Crippen LogP contribution in [-0.4, -0.2) is 29.8 Å². The molecule has 1 rings (SSSR count). The van der Waals surface area contributed by atoms with Crippen LogP contribution in [0.1, 0.15) is 18.7 Å². The van der Waals surface area contributed by atoms with E-state index in [0.717, 1.165) is 8.66 Å². The van der Waals surface area contributed by atoms with Gasteiger partial charge in [0, 0.05) is 24.9 Å². The first kappa shape index (κ1) is 15.7. The third-order valence-electron chi connectivity index (χ3n) is 2.25. The molecule has 1 aromatic heterocycles. The average Bonchev–Trinajstić information content (AvgIpc) is 2.73. The van der Waals surface area contributed by atoms with Crippen LogP contribution in [0.5, 0.6) is 0 Å². The summed E-state index contributed by atoms with van der Waals surface area (Å²) in [5.41, 5.74) is 0. The van der Waals surface area contributed by atoms with Crippen molar-refractivity contribution in [2.45, 2.75) is 20.4 Å². The highest BCUT2D eigenvalue weighted by Gasteiger charge is 2.12. The van der Waals surface area contributed by atoms with Crippen LogP contribution in [0, 0.1) is 11.8 Å². The highest BCUT2D eigenvalue weighted by molar-refractivity contribution is 9.11. The lowest BCUT2D eigenvalue weighted by Gasteiger charge is -2.19. The van der Waals surface area contributed by atoms with Crippen molar-refractivity contribution >= 4 is 39.1 Å². The maximum Gasteiger partial charge on any atom is 0.298 e. The molecule has 4 nitrogen and oxygen atoms in total. The largest absolute Gasteiger partial charge is 0.355 e. The molecule has 2 amide bonds. The molecule has 0 aromatic carbocycles. The zero-order valence-electron chi connectivity index (χ0n) is 10.8. The van der Waals surface area contributed by atoms with E-state index in [4.69, 9.17) is 0 Å². The smallest absolute Gasteiger partial charge is 0.298 e. The van der Waals surface area contributed by atoms with Gasteiger partial charge < -0.3 is 10.2 Å². The van der Waals surface area contributed by atoms with Crippen molar-refractivity contribution in [2.24, 2.45) is 0 Å². The Kier molecular flexibility index (Phi) is 6.60. The number of nitrogens with one attached hydrogen (secondary N) is 1. The van der Waals surface area contributed by atoms with E-state index in [1.54, 1.807) is 23.2 Å². The zero-order valence-corrected chi connectivity index (χ0v) is 13.2. The van der Waals surface area contributed by atoms with E-state index in [2.05, 4.69) is 33.1 Å². The van der Waals surface area contributed by atoms with Crippen molar-refractivity contribution < 1.29 is 9.59 Å². The molecule has 0 spiro atoms. The topological polar surface area (TPSA) is 49.4 Å². The number of halogens is 1. The summed E-state index contributed by atoms with van der Waals surface area (Å²) in [4.78, 5) is 25.4. The van der Waals surface area contributed by atoms with Crippen molar-refractivity contribution in [2.75, 3.05) is 13.1 Å². The van der Waals surface area contributed by atoms with Crippen LogP contribution in [0.15, 0.2) is 15.9 Å². The van der Waals surface area contributed by atoms with Crippen molar-refractivity contribution in [3.8, 4) is 11.8 Å². The Hall–Kier alpha value is -1.32. The van der Waals surface area contributed by atoms with Crippen LogP contribution in [0.4, 0.5) is 0 Å². The summed E-state index contributed by atoms with van der Waals surface area (Å²) in [5, 5.41) is 2.68. The Labute approximate surface area is 125 Å². The van der Waals surface area contributed by atoms with Gasteiger partial charge in [-0.2, -0.15) is 0 Å². The van der Waals surface area contributed by atoms with Gasteiger partial charge in [-0.05, 0) is 40.9 Å². The van der Waals surface area contributed by atoms with Crippen molar-refractivity contribution in [1.29, 1.82) is 0 Å². The predicted octanol–water partition coefficient (Wildman–Crippen LogP) is 2.00. The van der Waals surface area contributed by atoms with Crippen LogP contribution in [0.3, 0.4) is 0 Å². The lowest BCUT2D eigenvalue weighted by atomic mass is 10.3. The molecular weight excluding hydrogens is 328 g/mol. The van der Waals surface area contributed by atoms with E-state index in [1.807, 2.05) is 12.1 Å². The van der Waals surface area contributed by atoms with Crippen molar-refractivity contribution in [1.82, 2.24) is 10.2 Å². The first-order valence-corrected chi connectivity index (χ1v) is 7.34. The van der Waals surface area contributed by atoms with Crippen LogP contribution in [0.25, 0.3) is 0 Å². The molecule has 0 bridgehead atoms. The molecule has 0 radical (unpaired) electrons. The number of carbonyl (C=O) groups is 2. The first-order chi connectivity index (χ1) is 9.02. The summed E-state index contributed by atoms with van der Waals surface area (Å²) < 4.78 is 1.03. The van der Waals surface area contributed by atoms with Crippen LogP contribution >= 0.6 is 27.3 Å². The molecule has 0 saturated carbocycles. The van der Waals surface area contributed by atoms with E-state index < -0.39 is 0 Å². The standard InChI is InChI=1S/C13H15BrN2O2S/c1-3-4-13(18)16(8-7-15-10(2)17)9-11-5-6-12(14)19-11/h5-6H,7-9H2,1-2H3,(H,15,17). The second-order valence-electron chi connectivity index (χ2n) is 3.79. The molecule has 1 aromatic rings. The molecule has 0 saturated heterocycles. The van der Waals surface area contributed by atoms with E-state index >= 15 is 0 Å². The fraction of sp³-hybridized carbons (Fsp3) is 0.385. The van der Waals surface area contributed by atoms with Gasteiger partial charge in [-0.25, -0.2) is 0 Å². The molecule has 102 valence electrons. The minimum Gasteiger partial charge on any atom is -0.355 e. The van der Waals surface area contributed by atoms with Crippen LogP contribution < -0.4 is 5.32 Å². The van der Waals surface area contributed by atoms with Crippen LogP contribution in [0.2, 0.25) is 0 Å². The Balaban J connectivity index is 2.65. The second kappa shape index (κ2) is 7.97. The Morgan fingerprint density at radius 3 is 2.74 bits per heavy atom. The Bertz CT molecular complexity index is 516. The van der Waals surface area contributed by atoms with Gasteiger partial charge in [-0.3, -0.25) is 9.59 Å². The van der Waals surface area contributed by atoms with Gasteiger partial charge in [0.05, 0.1) is 10.3 Å². The SMILES string of the molecule is CC#CC(=O)N(CCNC(C)=O)Cc1ccc(Br)s1. The molecule has 19 heavy (non-hydrogen) atoms. The third-order valence-corrected chi connectivity index (χ3v) is 3.86. The summed E-state index contributed by atoms with van der Waals surface area (Å²) in [6.45, 7) is 4.46. The number of thiophene rings is 1. The van der Waals surface area contributed by atoms with Crippen molar-refractivity contribution in [3.63, 3.8) is 0 Å². The molecule has 1 N–H and O–H groups in total. The van der Waals surface area contributed by atoms with E-state index in [9.17, 15) is 9.59 Å². The summed E-state index contributed by atoms with van der Waals surface area (Å²) in [5.74, 6) is 4.80. The monoisotopic (exact) mass is 342 g/mol. The summed E-state index contributed by atoms with van der Waals surface area (Å²) in [6, 6.07) is 3.91. The van der Waals surface area contributed by atoms with Crippen LogP contribution in [-0.2, 0) is 16.1 Å². The Morgan fingerprint density at radius 2 is 2.21 bits per heavy atom. The molecule has 0 unspecified atom stereocenters. The van der Waals surface area contributed by atoms with Gasteiger partial charge in [0.2, 0.25) is 5.91 Å². The molecule has 0 atom stereocenters. The lowest BCUT2D eigenvalue weighted by Crippen LogP contribution is -2.36. The molecule has 1 heterocycles. The zero-order chi connectivity index (χ0) is 14.3. The van der Waals surface area contributed by atoms with Gasteiger partial charge in [-0.1, -0.05) is 5.92 Å². The maximum absolute atomic E-state index is 11.9. The van der Waals surface area contributed by atoms with Crippen molar-refractivity contribution in [3.05, 3.63) is 20.8 Å². The number of amides is 2. The minimum atomic E-state index is -0.225. The second-order valence-corrected chi connectivity index (χ2v) is 6.34. The Morgan fingerprint density at radius 1 is 1.47 bits per heavy atom. The normalized spacial score (nSPS) is 9.42. The predicted molar refractivity (Wildman–Crippen MR) is 79.6 cm³/mol. The van der Waals surface area contributed by atoms with Gasteiger partial charge in [0.25, 0.3) is 5.91 Å². The van der Waals surface area contributed by atoms with Gasteiger partial charge in [-0.15, -0.1) is 11.3 Å². The molecule has 0 fully saturated rings. The van der Waals surface area contributed by atoms with E-state index in [1.165, 1.54) is 6.92 Å². The maximum atomic E-state index is 11.9. The van der Waals surface area contributed by atoms with E-state index in [0.29, 0.717) is 19.6 Å². The molecule has 0 aliphatic heterocycles. The van der Waals surface area contributed by atoms with E-state index in [-0.39, 0.29) is 11.8 Å². The molecular formula is C13H15BrN2O2S. The molecule has 0 aliphatic rings. The lowest BCUT2D eigenvalue weighted by molar-refractivity contribution is -0.126. The van der Waals surface area contributed by atoms with Gasteiger partial charge in [0.15, 0.2) is 0 Å². The quantitative estimate of drug-likeness (QED) is 0.832. The number of hydrogen-bond donors (Lipinski definition) is 1. The fourth-order valence-corrected chi connectivity index (χ4v) is 2.93. The highest BCUT2D eigenvalue weighted by atomic mass is 79.9. The highest BCUT2D eigenvalue weighted by Crippen LogP contribution is 2.23.